The average molecular weight is 460 g/mol. The van der Waals surface area contributed by atoms with Crippen LogP contribution in [0.25, 0.3) is 0 Å². The number of amides is 3. The smallest absolute Gasteiger partial charge is 0.251 e. The predicted octanol–water partition coefficient (Wildman–Crippen LogP) is 3.58. The van der Waals surface area contributed by atoms with Gasteiger partial charge in [-0.05, 0) is 55.7 Å². The van der Waals surface area contributed by atoms with Crippen molar-refractivity contribution in [3.8, 4) is 0 Å². The first kappa shape index (κ1) is 22.6. The monoisotopic (exact) mass is 459 g/mol. The van der Waals surface area contributed by atoms with Crippen LogP contribution in [0.3, 0.4) is 0 Å². The van der Waals surface area contributed by atoms with Crippen molar-refractivity contribution in [1.82, 2.24) is 10.6 Å². The molecule has 154 valence electrons. The molecule has 29 heavy (non-hydrogen) atoms. The van der Waals surface area contributed by atoms with Crippen molar-refractivity contribution in [3.63, 3.8) is 0 Å². The SMILES string of the molecule is Cc1cccc(C(=O)NC(C(=O)NCC(=O)Nc2ccc(Br)c(C)c2)C(C)C)c1. The number of anilines is 1. The molecule has 1 atom stereocenters. The van der Waals surface area contributed by atoms with Gasteiger partial charge in [0.25, 0.3) is 5.91 Å². The molecule has 0 aliphatic rings. The number of hydrogen-bond acceptors (Lipinski definition) is 3. The summed E-state index contributed by atoms with van der Waals surface area (Å²) in [5.74, 6) is -1.20. The van der Waals surface area contributed by atoms with Crippen LogP contribution in [0, 0.1) is 19.8 Å². The zero-order valence-corrected chi connectivity index (χ0v) is 18.6. The summed E-state index contributed by atoms with van der Waals surface area (Å²) >= 11 is 3.41. The molecule has 2 aromatic carbocycles. The van der Waals surface area contributed by atoms with E-state index in [1.807, 2.05) is 45.9 Å². The molecule has 0 aliphatic heterocycles. The second-order valence-electron chi connectivity index (χ2n) is 7.29. The van der Waals surface area contributed by atoms with E-state index in [-0.39, 0.29) is 24.3 Å². The van der Waals surface area contributed by atoms with Crippen LogP contribution in [-0.4, -0.2) is 30.3 Å². The Kier molecular flexibility index (Phi) is 7.96. The fourth-order valence-corrected chi connectivity index (χ4v) is 3.00. The summed E-state index contributed by atoms with van der Waals surface area (Å²) in [5.41, 5.74) is 3.10. The summed E-state index contributed by atoms with van der Waals surface area (Å²) in [5, 5.41) is 8.11. The van der Waals surface area contributed by atoms with E-state index < -0.39 is 11.9 Å². The summed E-state index contributed by atoms with van der Waals surface area (Å²) < 4.78 is 0.952. The van der Waals surface area contributed by atoms with E-state index in [0.29, 0.717) is 11.3 Å². The van der Waals surface area contributed by atoms with E-state index in [1.165, 1.54) is 0 Å². The summed E-state index contributed by atoms with van der Waals surface area (Å²) in [7, 11) is 0. The quantitative estimate of drug-likeness (QED) is 0.591. The molecule has 0 saturated carbocycles. The van der Waals surface area contributed by atoms with Crippen molar-refractivity contribution in [3.05, 3.63) is 63.6 Å². The molecule has 1 unspecified atom stereocenters. The summed E-state index contributed by atoms with van der Waals surface area (Å²) in [6.07, 6.45) is 0. The van der Waals surface area contributed by atoms with Crippen LogP contribution in [0.15, 0.2) is 46.9 Å². The maximum Gasteiger partial charge on any atom is 0.251 e. The highest BCUT2D eigenvalue weighted by Crippen LogP contribution is 2.19. The molecule has 0 spiro atoms. The van der Waals surface area contributed by atoms with Gasteiger partial charge in [0.15, 0.2) is 0 Å². The molecule has 3 amide bonds. The van der Waals surface area contributed by atoms with Crippen molar-refractivity contribution in [2.45, 2.75) is 33.7 Å². The molecule has 0 bridgehead atoms. The number of carbonyl (C=O) groups excluding carboxylic acids is 3. The van der Waals surface area contributed by atoms with Crippen LogP contribution >= 0.6 is 15.9 Å². The lowest BCUT2D eigenvalue weighted by atomic mass is 10.0. The minimum absolute atomic E-state index is 0.138. The molecule has 7 heteroatoms. The number of rotatable bonds is 7. The highest BCUT2D eigenvalue weighted by Gasteiger charge is 2.25. The zero-order chi connectivity index (χ0) is 21.6. The third-order valence-corrected chi connectivity index (χ3v) is 5.27. The van der Waals surface area contributed by atoms with Gasteiger partial charge in [-0.3, -0.25) is 14.4 Å². The Balaban J connectivity index is 1.94. The van der Waals surface area contributed by atoms with Gasteiger partial charge in [0.05, 0.1) is 6.54 Å². The Bertz CT molecular complexity index is 912. The highest BCUT2D eigenvalue weighted by molar-refractivity contribution is 9.10. The van der Waals surface area contributed by atoms with Crippen molar-refractivity contribution in [2.24, 2.45) is 5.92 Å². The first-order chi connectivity index (χ1) is 13.7. The summed E-state index contributed by atoms with van der Waals surface area (Å²) in [6.45, 7) is 7.31. The van der Waals surface area contributed by atoms with Crippen molar-refractivity contribution in [1.29, 1.82) is 0 Å². The first-order valence-corrected chi connectivity index (χ1v) is 10.2. The number of nitrogens with one attached hydrogen (secondary N) is 3. The fourth-order valence-electron chi connectivity index (χ4n) is 2.75. The van der Waals surface area contributed by atoms with Crippen LogP contribution in [0.1, 0.15) is 35.3 Å². The van der Waals surface area contributed by atoms with Crippen LogP contribution in [0.4, 0.5) is 5.69 Å². The Morgan fingerprint density at radius 3 is 2.38 bits per heavy atom. The van der Waals surface area contributed by atoms with Crippen LogP contribution in [-0.2, 0) is 9.59 Å². The minimum Gasteiger partial charge on any atom is -0.345 e. The van der Waals surface area contributed by atoms with Gasteiger partial charge in [0.2, 0.25) is 11.8 Å². The second kappa shape index (κ2) is 10.2. The van der Waals surface area contributed by atoms with Crippen molar-refractivity contribution in [2.75, 3.05) is 11.9 Å². The van der Waals surface area contributed by atoms with E-state index in [0.717, 1.165) is 15.6 Å². The Labute approximate surface area is 179 Å². The van der Waals surface area contributed by atoms with Gasteiger partial charge in [-0.15, -0.1) is 0 Å². The Morgan fingerprint density at radius 1 is 1.03 bits per heavy atom. The van der Waals surface area contributed by atoms with Gasteiger partial charge in [-0.2, -0.15) is 0 Å². The van der Waals surface area contributed by atoms with Crippen molar-refractivity contribution < 1.29 is 14.4 Å². The number of hydrogen-bond donors (Lipinski definition) is 3. The maximum absolute atomic E-state index is 12.6. The van der Waals surface area contributed by atoms with Crippen LogP contribution < -0.4 is 16.0 Å². The minimum atomic E-state index is -0.745. The molecule has 6 nitrogen and oxygen atoms in total. The van der Waals surface area contributed by atoms with Crippen LogP contribution in [0.5, 0.6) is 0 Å². The predicted molar refractivity (Wildman–Crippen MR) is 118 cm³/mol. The lowest BCUT2D eigenvalue weighted by molar-refractivity contribution is -0.126. The first-order valence-electron chi connectivity index (χ1n) is 9.38. The van der Waals surface area contributed by atoms with E-state index in [1.54, 1.807) is 24.3 Å². The third-order valence-electron chi connectivity index (χ3n) is 4.38. The molecule has 3 N–H and O–H groups in total. The standard InChI is InChI=1S/C22H26BrN3O3/c1-13(2)20(26-21(28)16-7-5-6-14(3)10-16)22(29)24-12-19(27)25-17-8-9-18(23)15(4)11-17/h5-11,13,20H,12H2,1-4H3,(H,24,29)(H,25,27)(H,26,28). The molecule has 0 saturated heterocycles. The van der Waals surface area contributed by atoms with E-state index in [2.05, 4.69) is 31.9 Å². The molecule has 2 aromatic rings. The van der Waals surface area contributed by atoms with Gasteiger partial charge < -0.3 is 16.0 Å². The molecule has 0 aliphatic carbocycles. The summed E-state index contributed by atoms with van der Waals surface area (Å²) in [4.78, 5) is 37.2. The fraction of sp³-hybridized carbons (Fsp3) is 0.318. The molecule has 0 heterocycles. The average Bonchev–Trinajstić information content (AvgIpc) is 2.66. The number of benzene rings is 2. The molecular weight excluding hydrogens is 434 g/mol. The van der Waals surface area contributed by atoms with E-state index >= 15 is 0 Å². The molecule has 0 fully saturated rings. The molecular formula is C22H26BrN3O3. The molecule has 2 rings (SSSR count). The normalized spacial score (nSPS) is 11.7. The second-order valence-corrected chi connectivity index (χ2v) is 8.15. The molecule has 0 radical (unpaired) electrons. The highest BCUT2D eigenvalue weighted by atomic mass is 79.9. The van der Waals surface area contributed by atoms with E-state index in [9.17, 15) is 14.4 Å². The third kappa shape index (κ3) is 6.71. The summed E-state index contributed by atoms with van der Waals surface area (Å²) in [6, 6.07) is 11.9. The van der Waals surface area contributed by atoms with Crippen molar-refractivity contribution >= 4 is 39.3 Å². The molecule has 0 aromatic heterocycles. The van der Waals surface area contributed by atoms with Gasteiger partial charge in [-0.1, -0.05) is 47.5 Å². The Hall–Kier alpha value is -2.67. The van der Waals surface area contributed by atoms with Gasteiger partial charge in [-0.25, -0.2) is 0 Å². The zero-order valence-electron chi connectivity index (χ0n) is 17.0. The Morgan fingerprint density at radius 2 is 1.76 bits per heavy atom. The lowest BCUT2D eigenvalue weighted by Gasteiger charge is -2.21. The van der Waals surface area contributed by atoms with Gasteiger partial charge in [0, 0.05) is 15.7 Å². The topological polar surface area (TPSA) is 87.3 Å². The largest absolute Gasteiger partial charge is 0.345 e. The van der Waals surface area contributed by atoms with Gasteiger partial charge in [0.1, 0.15) is 6.04 Å². The van der Waals surface area contributed by atoms with Gasteiger partial charge >= 0.3 is 0 Å². The van der Waals surface area contributed by atoms with Crippen LogP contribution in [0.2, 0.25) is 0 Å². The number of carbonyl (C=O) groups is 3. The number of aryl methyl sites for hydroxylation is 2. The maximum atomic E-state index is 12.6. The van der Waals surface area contributed by atoms with E-state index in [4.69, 9.17) is 0 Å². The lowest BCUT2D eigenvalue weighted by Crippen LogP contribution is -2.51. The number of halogens is 1.